The van der Waals surface area contributed by atoms with Gasteiger partial charge < -0.3 is 9.84 Å². The smallest absolute Gasteiger partial charge is 0.233 e. The predicted octanol–water partition coefficient (Wildman–Crippen LogP) is 2.23. The Morgan fingerprint density at radius 1 is 1.20 bits per heavy atom. The van der Waals surface area contributed by atoms with Gasteiger partial charge >= 0.3 is 0 Å². The average molecular weight is 273 g/mol. The first-order valence-corrected chi connectivity index (χ1v) is 5.67. The minimum atomic E-state index is -0.927. The quantitative estimate of drug-likeness (QED) is 0.868. The molecule has 0 fully saturated rings. The highest BCUT2D eigenvalue weighted by molar-refractivity contribution is 6.11. The van der Waals surface area contributed by atoms with Gasteiger partial charge in [-0.15, -0.1) is 0 Å². The van der Waals surface area contributed by atoms with Gasteiger partial charge in [0.2, 0.25) is 6.29 Å². The van der Waals surface area contributed by atoms with E-state index in [0.717, 1.165) is 0 Å². The highest BCUT2D eigenvalue weighted by Crippen LogP contribution is 2.30. The van der Waals surface area contributed by atoms with Gasteiger partial charge in [-0.3, -0.25) is 9.59 Å². The monoisotopic (exact) mass is 273 g/mol. The van der Waals surface area contributed by atoms with E-state index in [1.54, 1.807) is 6.29 Å². The van der Waals surface area contributed by atoms with Crippen LogP contribution >= 0.6 is 0 Å². The minimum absolute atomic E-state index is 0.135. The zero-order valence-electron chi connectivity index (χ0n) is 10.5. The molecule has 0 heterocycles. The highest BCUT2D eigenvalue weighted by atomic mass is 19.1. The third-order valence-corrected chi connectivity index (χ3v) is 2.80. The minimum Gasteiger partial charge on any atom is -0.507 e. The van der Waals surface area contributed by atoms with E-state index in [2.05, 4.69) is 0 Å². The topological polar surface area (TPSA) is 63.6 Å². The normalized spacial score (nSPS) is 10.1. The molecule has 0 saturated carbocycles. The lowest BCUT2D eigenvalue weighted by Crippen LogP contribution is -2.06. The fraction of sp³-hybridized carbons (Fsp3) is 0.0667. The van der Waals surface area contributed by atoms with E-state index in [1.165, 1.54) is 43.5 Å². The number of ether oxygens (including phenoxy) is 1. The summed E-state index contributed by atoms with van der Waals surface area (Å²) in [4.78, 5) is 22.6. The van der Waals surface area contributed by atoms with Crippen LogP contribution in [0.2, 0.25) is 0 Å². The largest absolute Gasteiger partial charge is 0.507 e. The molecule has 5 heteroatoms. The maximum Gasteiger partial charge on any atom is 0.233 e. The molecule has 2 aromatic rings. The molecular formula is C15H10FO4. The molecule has 1 N–H and O–H groups in total. The second-order valence-electron chi connectivity index (χ2n) is 3.98. The van der Waals surface area contributed by atoms with Gasteiger partial charge in [-0.25, -0.2) is 4.39 Å². The van der Waals surface area contributed by atoms with Crippen molar-refractivity contribution in [2.24, 2.45) is 0 Å². The Balaban J connectivity index is 2.49. The molecule has 20 heavy (non-hydrogen) atoms. The molecule has 4 nitrogen and oxygen atoms in total. The van der Waals surface area contributed by atoms with Gasteiger partial charge in [-0.1, -0.05) is 24.3 Å². The summed E-state index contributed by atoms with van der Waals surface area (Å²) in [5.74, 6) is -2.23. The van der Waals surface area contributed by atoms with Gasteiger partial charge in [0.1, 0.15) is 11.3 Å². The lowest BCUT2D eigenvalue weighted by molar-refractivity contribution is 0.103. The van der Waals surface area contributed by atoms with Crippen LogP contribution in [0, 0.1) is 5.82 Å². The molecule has 0 aliphatic rings. The van der Waals surface area contributed by atoms with Crippen LogP contribution in [-0.2, 0) is 4.79 Å². The molecule has 0 unspecified atom stereocenters. The molecule has 0 saturated heterocycles. The zero-order chi connectivity index (χ0) is 14.7. The number of hydrogen-bond acceptors (Lipinski definition) is 4. The van der Waals surface area contributed by atoms with Crippen molar-refractivity contribution in [3.8, 4) is 11.5 Å². The number of rotatable bonds is 4. The van der Waals surface area contributed by atoms with Gasteiger partial charge in [0.05, 0.1) is 7.11 Å². The van der Waals surface area contributed by atoms with E-state index in [0.29, 0.717) is 0 Å². The van der Waals surface area contributed by atoms with Gasteiger partial charge in [-0.05, 0) is 12.1 Å². The third-order valence-electron chi connectivity index (χ3n) is 2.80. The second-order valence-corrected chi connectivity index (χ2v) is 3.98. The van der Waals surface area contributed by atoms with Crippen LogP contribution in [0.1, 0.15) is 21.5 Å². The molecular weight excluding hydrogens is 263 g/mol. The zero-order valence-corrected chi connectivity index (χ0v) is 10.5. The van der Waals surface area contributed by atoms with Crippen LogP contribution in [0.15, 0.2) is 36.4 Å². The number of carbonyl (C=O) groups excluding carboxylic acids is 2. The Labute approximate surface area is 114 Å². The van der Waals surface area contributed by atoms with Gasteiger partial charge in [0, 0.05) is 11.1 Å². The molecule has 0 atom stereocenters. The summed E-state index contributed by atoms with van der Waals surface area (Å²) in [6.45, 7) is 0. The van der Waals surface area contributed by atoms with E-state index in [4.69, 9.17) is 4.74 Å². The number of benzene rings is 2. The predicted molar refractivity (Wildman–Crippen MR) is 69.3 cm³/mol. The Morgan fingerprint density at radius 2 is 1.85 bits per heavy atom. The Kier molecular flexibility index (Phi) is 3.79. The first-order chi connectivity index (χ1) is 9.58. The number of aromatic hydroxyl groups is 1. The summed E-state index contributed by atoms with van der Waals surface area (Å²) < 4.78 is 18.8. The maximum absolute atomic E-state index is 14.0. The number of carbonyl (C=O) groups is 1. The lowest BCUT2D eigenvalue weighted by atomic mass is 10.0. The van der Waals surface area contributed by atoms with E-state index in [-0.39, 0.29) is 16.9 Å². The number of halogens is 1. The average Bonchev–Trinajstić information content (AvgIpc) is 2.47. The molecule has 0 aliphatic heterocycles. The molecule has 0 bridgehead atoms. The Bertz CT molecular complexity index is 662. The summed E-state index contributed by atoms with van der Waals surface area (Å²) >= 11 is 0. The van der Waals surface area contributed by atoms with Crippen LogP contribution in [0.25, 0.3) is 0 Å². The summed E-state index contributed by atoms with van der Waals surface area (Å²) in [5.41, 5.74) is -0.0458. The van der Waals surface area contributed by atoms with Crippen molar-refractivity contribution in [1.29, 1.82) is 0 Å². The summed E-state index contributed by atoms with van der Waals surface area (Å²) in [6, 6.07) is 7.90. The Hall–Kier alpha value is -2.69. The van der Waals surface area contributed by atoms with Crippen molar-refractivity contribution in [3.05, 3.63) is 58.9 Å². The standard InChI is InChI=1S/C15H10FO4/c1-20-12-7-6-11(18)13(14(12)16)15(19)10-4-2-9(8-17)3-5-10/h2-7,18H,1H3. The SMILES string of the molecule is COc1ccc(O)c(C(=O)c2ccc([C]=O)cc2)c1F. The van der Waals surface area contributed by atoms with Crippen molar-refractivity contribution in [2.45, 2.75) is 0 Å². The van der Waals surface area contributed by atoms with E-state index in [9.17, 15) is 19.1 Å². The summed E-state index contributed by atoms with van der Waals surface area (Å²) in [6.07, 6.45) is 1.67. The summed E-state index contributed by atoms with van der Waals surface area (Å²) in [7, 11) is 1.26. The van der Waals surface area contributed by atoms with E-state index < -0.39 is 22.9 Å². The summed E-state index contributed by atoms with van der Waals surface area (Å²) in [5, 5.41) is 9.67. The van der Waals surface area contributed by atoms with Crippen LogP contribution in [0.3, 0.4) is 0 Å². The molecule has 0 aliphatic carbocycles. The van der Waals surface area contributed by atoms with Crippen molar-refractivity contribution in [3.63, 3.8) is 0 Å². The van der Waals surface area contributed by atoms with Crippen LogP contribution in [-0.4, -0.2) is 24.3 Å². The molecule has 2 rings (SSSR count). The maximum atomic E-state index is 14.0. The number of methoxy groups -OCH3 is 1. The molecule has 2 aromatic carbocycles. The first-order valence-electron chi connectivity index (χ1n) is 5.67. The number of phenolic OH excluding ortho intramolecular Hbond substituents is 1. The van der Waals surface area contributed by atoms with Crippen molar-refractivity contribution in [2.75, 3.05) is 7.11 Å². The van der Waals surface area contributed by atoms with Crippen LogP contribution < -0.4 is 4.74 Å². The molecule has 101 valence electrons. The molecule has 0 aromatic heterocycles. The third kappa shape index (κ3) is 2.38. The molecule has 0 amide bonds. The highest BCUT2D eigenvalue weighted by Gasteiger charge is 2.21. The van der Waals surface area contributed by atoms with Crippen molar-refractivity contribution >= 4 is 12.1 Å². The lowest BCUT2D eigenvalue weighted by Gasteiger charge is -2.09. The van der Waals surface area contributed by atoms with Crippen LogP contribution in [0.5, 0.6) is 11.5 Å². The molecule has 1 radical (unpaired) electrons. The number of hydrogen-bond donors (Lipinski definition) is 1. The second kappa shape index (κ2) is 5.52. The Morgan fingerprint density at radius 3 is 2.40 bits per heavy atom. The van der Waals surface area contributed by atoms with Gasteiger partial charge in [-0.2, -0.15) is 0 Å². The first kappa shape index (κ1) is 13.7. The van der Waals surface area contributed by atoms with Crippen molar-refractivity contribution in [1.82, 2.24) is 0 Å². The van der Waals surface area contributed by atoms with Crippen molar-refractivity contribution < 1.29 is 23.8 Å². The van der Waals surface area contributed by atoms with E-state index in [1.807, 2.05) is 0 Å². The number of ketones is 1. The molecule has 0 spiro atoms. The fourth-order valence-corrected chi connectivity index (χ4v) is 1.75. The van der Waals surface area contributed by atoms with Crippen LogP contribution in [0.4, 0.5) is 4.39 Å². The number of phenols is 1. The van der Waals surface area contributed by atoms with Gasteiger partial charge in [0.15, 0.2) is 17.3 Å². The van der Waals surface area contributed by atoms with E-state index >= 15 is 0 Å². The van der Waals surface area contributed by atoms with Gasteiger partial charge in [0.25, 0.3) is 0 Å². The fourth-order valence-electron chi connectivity index (χ4n) is 1.75.